The van der Waals surface area contributed by atoms with Gasteiger partial charge in [0.1, 0.15) is 5.82 Å². The summed E-state index contributed by atoms with van der Waals surface area (Å²) in [5.41, 5.74) is 3.05. The molecule has 170 valence electrons. The Morgan fingerprint density at radius 1 is 0.909 bits per heavy atom. The van der Waals surface area contributed by atoms with E-state index in [9.17, 15) is 9.59 Å². The highest BCUT2D eigenvalue weighted by Gasteiger charge is 2.28. The second-order valence-corrected chi connectivity index (χ2v) is 9.09. The molecule has 0 bridgehead atoms. The van der Waals surface area contributed by atoms with Crippen LogP contribution in [-0.4, -0.2) is 62.7 Å². The average Bonchev–Trinajstić information content (AvgIpc) is 3.39. The van der Waals surface area contributed by atoms with Crippen molar-refractivity contribution in [3.05, 3.63) is 65.4 Å². The van der Waals surface area contributed by atoms with Crippen molar-refractivity contribution in [1.82, 2.24) is 24.8 Å². The first-order valence-corrected chi connectivity index (χ1v) is 11.8. The summed E-state index contributed by atoms with van der Waals surface area (Å²) in [6.45, 7) is 4.92. The van der Waals surface area contributed by atoms with Crippen molar-refractivity contribution in [3.63, 3.8) is 0 Å². The van der Waals surface area contributed by atoms with E-state index in [4.69, 9.17) is 0 Å². The SMILES string of the molecule is Cc1ncc(C(=O)N2CCCC2)c(CC2CCN(C(=O)c3cccc4ncccc34)CC2)n1. The van der Waals surface area contributed by atoms with Gasteiger partial charge < -0.3 is 9.80 Å². The number of piperidine rings is 1. The van der Waals surface area contributed by atoms with Gasteiger partial charge in [-0.2, -0.15) is 0 Å². The Kier molecular flexibility index (Phi) is 6.03. The number of aromatic nitrogens is 3. The number of aryl methyl sites for hydroxylation is 1. The minimum atomic E-state index is 0.0553. The van der Waals surface area contributed by atoms with E-state index in [1.54, 1.807) is 12.4 Å². The molecule has 33 heavy (non-hydrogen) atoms. The van der Waals surface area contributed by atoms with Gasteiger partial charge >= 0.3 is 0 Å². The number of benzene rings is 1. The van der Waals surface area contributed by atoms with Gasteiger partial charge in [0.25, 0.3) is 11.8 Å². The molecule has 0 aliphatic carbocycles. The number of hydrogen-bond acceptors (Lipinski definition) is 5. The Hall–Kier alpha value is -3.35. The third-order valence-corrected chi connectivity index (χ3v) is 6.87. The molecule has 0 radical (unpaired) electrons. The molecular weight excluding hydrogens is 414 g/mol. The molecule has 2 amide bonds. The van der Waals surface area contributed by atoms with Crippen molar-refractivity contribution in [2.75, 3.05) is 26.2 Å². The van der Waals surface area contributed by atoms with Crippen LogP contribution < -0.4 is 0 Å². The Balaban J connectivity index is 1.27. The quantitative estimate of drug-likeness (QED) is 0.615. The largest absolute Gasteiger partial charge is 0.339 e. The standard InChI is InChI=1S/C26H29N5O2/c1-18-28-17-22(26(33)30-12-2-3-13-30)24(29-18)16-19-9-14-31(15-10-19)25(32)21-6-4-8-23-20(21)7-5-11-27-23/h4-8,11,17,19H,2-3,9-10,12-16H2,1H3. The number of hydrogen-bond donors (Lipinski definition) is 0. The molecule has 3 aromatic rings. The highest BCUT2D eigenvalue weighted by molar-refractivity contribution is 6.06. The van der Waals surface area contributed by atoms with E-state index in [0.717, 1.165) is 61.8 Å². The number of rotatable bonds is 4. The van der Waals surface area contributed by atoms with E-state index in [2.05, 4.69) is 15.0 Å². The fourth-order valence-corrected chi connectivity index (χ4v) is 5.02. The molecule has 5 rings (SSSR count). The third-order valence-electron chi connectivity index (χ3n) is 6.87. The fourth-order valence-electron chi connectivity index (χ4n) is 5.02. The summed E-state index contributed by atoms with van der Waals surface area (Å²) in [4.78, 5) is 43.4. The number of carbonyl (C=O) groups is 2. The van der Waals surface area contributed by atoms with Crippen molar-refractivity contribution in [1.29, 1.82) is 0 Å². The molecule has 0 atom stereocenters. The van der Waals surface area contributed by atoms with Crippen molar-refractivity contribution in [2.45, 2.75) is 39.0 Å². The second kappa shape index (κ2) is 9.25. The summed E-state index contributed by atoms with van der Waals surface area (Å²) in [7, 11) is 0. The van der Waals surface area contributed by atoms with Crippen LogP contribution in [0.15, 0.2) is 42.7 Å². The summed E-state index contributed by atoms with van der Waals surface area (Å²) in [6, 6.07) is 9.54. The maximum absolute atomic E-state index is 13.2. The maximum Gasteiger partial charge on any atom is 0.257 e. The van der Waals surface area contributed by atoms with E-state index in [1.165, 1.54) is 0 Å². The monoisotopic (exact) mass is 443 g/mol. The average molecular weight is 444 g/mol. The molecule has 7 heteroatoms. The van der Waals surface area contributed by atoms with Gasteiger partial charge in [-0.25, -0.2) is 9.97 Å². The first-order chi connectivity index (χ1) is 16.1. The van der Waals surface area contributed by atoms with Gasteiger partial charge in [-0.05, 0) is 63.1 Å². The van der Waals surface area contributed by atoms with Crippen LogP contribution in [0.3, 0.4) is 0 Å². The van der Waals surface area contributed by atoms with E-state index in [-0.39, 0.29) is 11.8 Å². The number of fused-ring (bicyclic) bond motifs is 1. The summed E-state index contributed by atoms with van der Waals surface area (Å²) >= 11 is 0. The van der Waals surface area contributed by atoms with Crippen molar-refractivity contribution in [2.24, 2.45) is 5.92 Å². The summed E-state index contributed by atoms with van der Waals surface area (Å²) in [5, 5.41) is 0.897. The van der Waals surface area contributed by atoms with Crippen molar-refractivity contribution < 1.29 is 9.59 Å². The molecule has 0 spiro atoms. The number of pyridine rings is 1. The smallest absolute Gasteiger partial charge is 0.257 e. The predicted molar refractivity (Wildman–Crippen MR) is 126 cm³/mol. The van der Waals surface area contributed by atoms with Crippen LogP contribution in [0.5, 0.6) is 0 Å². The van der Waals surface area contributed by atoms with Crippen LogP contribution in [0, 0.1) is 12.8 Å². The minimum absolute atomic E-state index is 0.0553. The van der Waals surface area contributed by atoms with E-state index in [0.29, 0.717) is 36.0 Å². The third kappa shape index (κ3) is 4.45. The van der Waals surface area contributed by atoms with E-state index >= 15 is 0 Å². The predicted octanol–water partition coefficient (Wildman–Crippen LogP) is 3.66. The molecule has 0 saturated carbocycles. The molecule has 4 heterocycles. The zero-order valence-electron chi connectivity index (χ0n) is 19.0. The van der Waals surface area contributed by atoms with Crippen molar-refractivity contribution >= 4 is 22.7 Å². The molecule has 0 unspecified atom stereocenters. The topological polar surface area (TPSA) is 79.3 Å². The second-order valence-electron chi connectivity index (χ2n) is 9.09. The molecule has 2 aromatic heterocycles. The lowest BCUT2D eigenvalue weighted by Gasteiger charge is -2.32. The van der Waals surface area contributed by atoms with Crippen molar-refractivity contribution in [3.8, 4) is 0 Å². The van der Waals surface area contributed by atoms with Gasteiger partial charge in [0, 0.05) is 49.5 Å². The molecule has 1 aromatic carbocycles. The molecule has 2 fully saturated rings. The highest BCUT2D eigenvalue weighted by Crippen LogP contribution is 2.26. The van der Waals surface area contributed by atoms with E-state index < -0.39 is 0 Å². The lowest BCUT2D eigenvalue weighted by atomic mass is 9.90. The molecule has 0 N–H and O–H groups in total. The van der Waals surface area contributed by atoms with Gasteiger partial charge in [-0.3, -0.25) is 14.6 Å². The normalized spacial score (nSPS) is 17.0. The minimum Gasteiger partial charge on any atom is -0.339 e. The Morgan fingerprint density at radius 2 is 1.64 bits per heavy atom. The first kappa shape index (κ1) is 21.5. The van der Waals surface area contributed by atoms with Crippen LogP contribution in [0.1, 0.15) is 57.9 Å². The Morgan fingerprint density at radius 3 is 2.42 bits per heavy atom. The molecule has 2 aliphatic rings. The maximum atomic E-state index is 13.2. The molecule has 2 aliphatic heterocycles. The number of amides is 2. The zero-order chi connectivity index (χ0) is 22.8. The Bertz CT molecular complexity index is 1180. The number of likely N-dealkylation sites (tertiary alicyclic amines) is 2. The van der Waals surface area contributed by atoms with Gasteiger partial charge in [-0.1, -0.05) is 12.1 Å². The van der Waals surface area contributed by atoms with Gasteiger partial charge in [0.2, 0.25) is 0 Å². The van der Waals surface area contributed by atoms with Crippen LogP contribution in [-0.2, 0) is 6.42 Å². The van der Waals surface area contributed by atoms with Crippen LogP contribution >= 0.6 is 0 Å². The zero-order valence-corrected chi connectivity index (χ0v) is 19.0. The number of nitrogens with zero attached hydrogens (tertiary/aromatic N) is 5. The lowest BCUT2D eigenvalue weighted by Crippen LogP contribution is -2.39. The van der Waals surface area contributed by atoms with E-state index in [1.807, 2.05) is 47.1 Å². The summed E-state index contributed by atoms with van der Waals surface area (Å²) in [6.07, 6.45) is 8.12. The molecular formula is C26H29N5O2. The summed E-state index contributed by atoms with van der Waals surface area (Å²) < 4.78 is 0. The fraction of sp³-hybridized carbons (Fsp3) is 0.423. The van der Waals surface area contributed by atoms with Crippen LogP contribution in [0.2, 0.25) is 0 Å². The molecule has 7 nitrogen and oxygen atoms in total. The van der Waals surface area contributed by atoms with Crippen LogP contribution in [0.25, 0.3) is 10.9 Å². The highest BCUT2D eigenvalue weighted by atomic mass is 16.2. The Labute approximate surface area is 193 Å². The first-order valence-electron chi connectivity index (χ1n) is 11.8. The number of carbonyl (C=O) groups excluding carboxylic acids is 2. The van der Waals surface area contributed by atoms with Gasteiger partial charge in [0.05, 0.1) is 16.8 Å². The van der Waals surface area contributed by atoms with Gasteiger partial charge in [0.15, 0.2) is 0 Å². The van der Waals surface area contributed by atoms with Crippen LogP contribution in [0.4, 0.5) is 0 Å². The lowest BCUT2D eigenvalue weighted by molar-refractivity contribution is 0.0692. The van der Waals surface area contributed by atoms with Gasteiger partial charge in [-0.15, -0.1) is 0 Å². The molecule has 2 saturated heterocycles. The summed E-state index contributed by atoms with van der Waals surface area (Å²) in [5.74, 6) is 1.21.